The summed E-state index contributed by atoms with van der Waals surface area (Å²) in [6, 6.07) is 0. The summed E-state index contributed by atoms with van der Waals surface area (Å²) in [5.74, 6) is 3.12. The molecule has 0 bridgehead atoms. The van der Waals surface area contributed by atoms with Crippen LogP contribution < -0.4 is 4.90 Å². The zero-order valence-corrected chi connectivity index (χ0v) is 9.98. The van der Waals surface area contributed by atoms with E-state index < -0.39 is 0 Å². The standard InChI is InChI=1S/C10H17ClN4/c1-8-3-9(4-11)7-15(6-8)10-5-12-13-14(10)2/h5,8-9H,3-4,6-7H2,1-2H3. The lowest BCUT2D eigenvalue weighted by atomic mass is 9.92. The number of halogens is 1. The van der Waals surface area contributed by atoms with Crippen LogP contribution in [0.4, 0.5) is 5.82 Å². The molecule has 1 fully saturated rings. The minimum absolute atomic E-state index is 0.588. The molecule has 2 atom stereocenters. The van der Waals surface area contributed by atoms with Crippen molar-refractivity contribution >= 4 is 17.4 Å². The van der Waals surface area contributed by atoms with Crippen LogP contribution in [0.3, 0.4) is 0 Å². The molecule has 0 aromatic carbocycles. The number of alkyl halides is 1. The highest BCUT2D eigenvalue weighted by atomic mass is 35.5. The summed E-state index contributed by atoms with van der Waals surface area (Å²) in [6.07, 6.45) is 3.05. The number of hydrogen-bond donors (Lipinski definition) is 0. The lowest BCUT2D eigenvalue weighted by Crippen LogP contribution is -2.41. The summed E-state index contributed by atoms with van der Waals surface area (Å²) >= 11 is 5.95. The molecule has 2 rings (SSSR count). The lowest BCUT2D eigenvalue weighted by molar-refractivity contribution is 0.356. The molecule has 5 heteroatoms. The van der Waals surface area contributed by atoms with Gasteiger partial charge in [0.2, 0.25) is 0 Å². The van der Waals surface area contributed by atoms with E-state index in [1.807, 2.05) is 17.9 Å². The van der Waals surface area contributed by atoms with E-state index in [0.29, 0.717) is 11.8 Å². The number of rotatable bonds is 2. The van der Waals surface area contributed by atoms with Gasteiger partial charge in [0.1, 0.15) is 5.82 Å². The van der Waals surface area contributed by atoms with E-state index in [1.165, 1.54) is 6.42 Å². The molecule has 1 aromatic rings. The Bertz CT molecular complexity index is 325. The first-order valence-electron chi connectivity index (χ1n) is 5.36. The zero-order chi connectivity index (χ0) is 10.8. The van der Waals surface area contributed by atoms with Crippen LogP contribution in [0.1, 0.15) is 13.3 Å². The van der Waals surface area contributed by atoms with Gasteiger partial charge in [0.25, 0.3) is 0 Å². The second kappa shape index (κ2) is 4.39. The Morgan fingerprint density at radius 2 is 2.33 bits per heavy atom. The Balaban J connectivity index is 2.12. The van der Waals surface area contributed by atoms with Crippen molar-refractivity contribution in [2.45, 2.75) is 13.3 Å². The van der Waals surface area contributed by atoms with Crippen LogP contribution in [-0.2, 0) is 7.05 Å². The van der Waals surface area contributed by atoms with Crippen LogP contribution in [0.15, 0.2) is 6.20 Å². The van der Waals surface area contributed by atoms with Crippen molar-refractivity contribution in [3.8, 4) is 0 Å². The minimum atomic E-state index is 0.588. The highest BCUT2D eigenvalue weighted by Crippen LogP contribution is 2.26. The van der Waals surface area contributed by atoms with Gasteiger partial charge in [0.15, 0.2) is 0 Å². The molecule has 0 spiro atoms. The molecule has 0 aliphatic carbocycles. The molecule has 0 radical (unpaired) electrons. The predicted molar refractivity (Wildman–Crippen MR) is 61.2 cm³/mol. The van der Waals surface area contributed by atoms with E-state index in [0.717, 1.165) is 24.8 Å². The maximum Gasteiger partial charge on any atom is 0.147 e. The van der Waals surface area contributed by atoms with Crippen LogP contribution in [0, 0.1) is 11.8 Å². The maximum absolute atomic E-state index is 5.95. The van der Waals surface area contributed by atoms with Crippen molar-refractivity contribution in [3.05, 3.63) is 6.20 Å². The average molecular weight is 229 g/mol. The smallest absolute Gasteiger partial charge is 0.147 e. The number of piperidine rings is 1. The summed E-state index contributed by atoms with van der Waals surface area (Å²) in [6.45, 7) is 4.37. The molecule has 2 heterocycles. The average Bonchev–Trinajstić information content (AvgIpc) is 2.63. The molecular weight excluding hydrogens is 212 g/mol. The molecule has 2 unspecified atom stereocenters. The summed E-state index contributed by atoms with van der Waals surface area (Å²) in [4.78, 5) is 2.33. The first-order chi connectivity index (χ1) is 7.20. The van der Waals surface area contributed by atoms with Crippen LogP contribution in [0.2, 0.25) is 0 Å². The first kappa shape index (κ1) is 10.7. The van der Waals surface area contributed by atoms with E-state index in [9.17, 15) is 0 Å². The van der Waals surface area contributed by atoms with E-state index in [4.69, 9.17) is 11.6 Å². The van der Waals surface area contributed by atoms with E-state index in [1.54, 1.807) is 0 Å². The summed E-state index contributed by atoms with van der Waals surface area (Å²) in [7, 11) is 1.93. The molecule has 15 heavy (non-hydrogen) atoms. The van der Waals surface area contributed by atoms with E-state index >= 15 is 0 Å². The summed E-state index contributed by atoms with van der Waals surface area (Å²) < 4.78 is 1.82. The van der Waals surface area contributed by atoms with Gasteiger partial charge in [-0.05, 0) is 18.3 Å². The molecule has 0 saturated carbocycles. The van der Waals surface area contributed by atoms with Crippen molar-refractivity contribution < 1.29 is 0 Å². The Hall–Kier alpha value is -0.770. The predicted octanol–water partition coefficient (Wildman–Crippen LogP) is 1.52. The monoisotopic (exact) mass is 228 g/mol. The topological polar surface area (TPSA) is 34.0 Å². The van der Waals surface area contributed by atoms with Gasteiger partial charge >= 0.3 is 0 Å². The normalized spacial score (nSPS) is 27.0. The molecule has 0 N–H and O–H groups in total. The molecule has 1 saturated heterocycles. The molecule has 1 aromatic heterocycles. The van der Waals surface area contributed by atoms with Crippen molar-refractivity contribution in [3.63, 3.8) is 0 Å². The van der Waals surface area contributed by atoms with Crippen LogP contribution in [0.25, 0.3) is 0 Å². The van der Waals surface area contributed by atoms with Crippen LogP contribution in [0.5, 0.6) is 0 Å². The highest BCUT2D eigenvalue weighted by molar-refractivity contribution is 6.18. The Kier molecular flexibility index (Phi) is 3.14. The minimum Gasteiger partial charge on any atom is -0.355 e. The van der Waals surface area contributed by atoms with E-state index in [2.05, 4.69) is 22.1 Å². The zero-order valence-electron chi connectivity index (χ0n) is 9.23. The third kappa shape index (κ3) is 2.25. The van der Waals surface area contributed by atoms with Gasteiger partial charge in [-0.25, -0.2) is 4.68 Å². The quantitative estimate of drug-likeness (QED) is 0.720. The van der Waals surface area contributed by atoms with E-state index in [-0.39, 0.29) is 0 Å². The number of hydrogen-bond acceptors (Lipinski definition) is 3. The fraction of sp³-hybridized carbons (Fsp3) is 0.800. The Labute approximate surface area is 95.2 Å². The van der Waals surface area contributed by atoms with Crippen LogP contribution >= 0.6 is 11.6 Å². The largest absolute Gasteiger partial charge is 0.355 e. The van der Waals surface area contributed by atoms with Gasteiger partial charge in [0.05, 0.1) is 6.20 Å². The van der Waals surface area contributed by atoms with Gasteiger partial charge in [-0.15, -0.1) is 16.7 Å². The SMILES string of the molecule is CC1CC(CCl)CN(c2cnnn2C)C1. The summed E-state index contributed by atoms with van der Waals surface area (Å²) in [5, 5.41) is 7.87. The van der Waals surface area contributed by atoms with Gasteiger partial charge in [-0.2, -0.15) is 0 Å². The molecule has 0 amide bonds. The third-order valence-corrected chi connectivity index (χ3v) is 3.42. The summed E-state index contributed by atoms with van der Waals surface area (Å²) in [5.41, 5.74) is 0. The number of aromatic nitrogens is 3. The number of nitrogens with zero attached hydrogens (tertiary/aromatic N) is 4. The highest BCUT2D eigenvalue weighted by Gasteiger charge is 2.25. The first-order valence-corrected chi connectivity index (χ1v) is 5.89. The van der Waals surface area contributed by atoms with Crippen molar-refractivity contribution in [2.75, 3.05) is 23.9 Å². The second-order valence-electron chi connectivity index (χ2n) is 4.48. The second-order valence-corrected chi connectivity index (χ2v) is 4.79. The number of aryl methyl sites for hydroxylation is 1. The van der Waals surface area contributed by atoms with Gasteiger partial charge < -0.3 is 4.90 Å². The molecule has 84 valence electrons. The molecule has 4 nitrogen and oxygen atoms in total. The fourth-order valence-corrected chi connectivity index (χ4v) is 2.57. The van der Waals surface area contributed by atoms with Crippen LogP contribution in [-0.4, -0.2) is 34.0 Å². The molecule has 1 aliphatic rings. The lowest BCUT2D eigenvalue weighted by Gasteiger charge is -2.36. The molecular formula is C10H17ClN4. The van der Waals surface area contributed by atoms with Crippen molar-refractivity contribution in [1.29, 1.82) is 0 Å². The van der Waals surface area contributed by atoms with Crippen molar-refractivity contribution in [1.82, 2.24) is 15.0 Å². The van der Waals surface area contributed by atoms with Gasteiger partial charge in [-0.3, -0.25) is 0 Å². The number of anilines is 1. The molecule has 1 aliphatic heterocycles. The van der Waals surface area contributed by atoms with Crippen molar-refractivity contribution in [2.24, 2.45) is 18.9 Å². The Morgan fingerprint density at radius 3 is 2.93 bits per heavy atom. The van der Waals surface area contributed by atoms with Gasteiger partial charge in [-0.1, -0.05) is 12.1 Å². The van der Waals surface area contributed by atoms with Gasteiger partial charge in [0, 0.05) is 26.0 Å². The maximum atomic E-state index is 5.95. The third-order valence-electron chi connectivity index (χ3n) is 2.98. The fourth-order valence-electron chi connectivity index (χ4n) is 2.35. The Morgan fingerprint density at radius 1 is 1.53 bits per heavy atom.